The Morgan fingerprint density at radius 1 is 0.762 bits per heavy atom. The lowest BCUT2D eigenvalue weighted by Crippen LogP contribution is -2.63. The fourth-order valence-corrected chi connectivity index (χ4v) is 7.36. The average Bonchev–Trinajstić information content (AvgIpc) is 2.82. The summed E-state index contributed by atoms with van der Waals surface area (Å²) in [6, 6.07) is 0. The SMILES string of the molecule is C[C@@]12CCC[C@H]1[C@@H]1CC[C@@H]3CCCC(O)(O)[C@]3(C)[C@H]1CC2. The van der Waals surface area contributed by atoms with E-state index in [9.17, 15) is 10.2 Å². The van der Waals surface area contributed by atoms with E-state index in [0.29, 0.717) is 23.7 Å². The average molecular weight is 292 g/mol. The normalized spacial score (nSPS) is 55.4. The lowest BCUT2D eigenvalue weighted by molar-refractivity contribution is -0.312. The lowest BCUT2D eigenvalue weighted by Gasteiger charge is -2.63. The first-order valence-corrected chi connectivity index (χ1v) is 9.33. The van der Waals surface area contributed by atoms with Crippen molar-refractivity contribution in [3.63, 3.8) is 0 Å². The van der Waals surface area contributed by atoms with Crippen LogP contribution in [0.4, 0.5) is 0 Å². The molecule has 4 rings (SSSR count). The summed E-state index contributed by atoms with van der Waals surface area (Å²) >= 11 is 0. The molecule has 0 saturated heterocycles. The van der Waals surface area contributed by atoms with Crippen LogP contribution >= 0.6 is 0 Å². The van der Waals surface area contributed by atoms with Gasteiger partial charge in [0.15, 0.2) is 5.79 Å². The van der Waals surface area contributed by atoms with E-state index in [1.807, 2.05) is 0 Å². The van der Waals surface area contributed by atoms with Crippen LogP contribution in [0.1, 0.15) is 78.1 Å². The largest absolute Gasteiger partial charge is 0.365 e. The van der Waals surface area contributed by atoms with Gasteiger partial charge in [-0.05, 0) is 80.5 Å². The van der Waals surface area contributed by atoms with E-state index in [-0.39, 0.29) is 5.41 Å². The van der Waals surface area contributed by atoms with Crippen molar-refractivity contribution in [2.45, 2.75) is 83.8 Å². The Balaban J connectivity index is 1.71. The van der Waals surface area contributed by atoms with Crippen LogP contribution in [0.2, 0.25) is 0 Å². The molecule has 0 aromatic heterocycles. The second kappa shape index (κ2) is 4.47. The van der Waals surface area contributed by atoms with Crippen LogP contribution in [0.25, 0.3) is 0 Å². The summed E-state index contributed by atoms with van der Waals surface area (Å²) in [5, 5.41) is 21.7. The molecular formula is C19H32O2. The van der Waals surface area contributed by atoms with E-state index >= 15 is 0 Å². The van der Waals surface area contributed by atoms with Crippen molar-refractivity contribution < 1.29 is 10.2 Å². The van der Waals surface area contributed by atoms with Crippen LogP contribution in [0, 0.1) is 34.5 Å². The number of aliphatic hydroxyl groups is 2. The van der Waals surface area contributed by atoms with Gasteiger partial charge in [0.2, 0.25) is 0 Å². The van der Waals surface area contributed by atoms with E-state index in [0.717, 1.165) is 18.3 Å². The van der Waals surface area contributed by atoms with E-state index in [4.69, 9.17) is 0 Å². The molecule has 0 aliphatic heterocycles. The summed E-state index contributed by atoms with van der Waals surface area (Å²) in [5.41, 5.74) is 0.310. The second-order valence-corrected chi connectivity index (χ2v) is 9.23. The fourth-order valence-electron chi connectivity index (χ4n) is 7.36. The molecule has 0 amide bonds. The molecule has 0 aromatic carbocycles. The molecule has 2 nitrogen and oxygen atoms in total. The monoisotopic (exact) mass is 292 g/mol. The molecule has 0 bridgehead atoms. The summed E-state index contributed by atoms with van der Waals surface area (Å²) in [4.78, 5) is 0. The molecule has 0 aromatic rings. The van der Waals surface area contributed by atoms with Crippen LogP contribution in [0.3, 0.4) is 0 Å². The minimum absolute atomic E-state index is 0.252. The van der Waals surface area contributed by atoms with E-state index in [2.05, 4.69) is 13.8 Å². The third kappa shape index (κ3) is 1.78. The minimum Gasteiger partial charge on any atom is -0.365 e. The third-order valence-electron chi connectivity index (χ3n) is 8.63. The van der Waals surface area contributed by atoms with E-state index in [1.165, 1.54) is 51.4 Å². The van der Waals surface area contributed by atoms with Gasteiger partial charge < -0.3 is 10.2 Å². The highest BCUT2D eigenvalue weighted by molar-refractivity contribution is 5.10. The summed E-state index contributed by atoms with van der Waals surface area (Å²) in [6.45, 7) is 4.74. The molecule has 6 atom stereocenters. The second-order valence-electron chi connectivity index (χ2n) is 9.23. The summed E-state index contributed by atoms with van der Waals surface area (Å²) < 4.78 is 0. The van der Waals surface area contributed by atoms with Crippen molar-refractivity contribution in [3.8, 4) is 0 Å². The van der Waals surface area contributed by atoms with Crippen LogP contribution in [0.5, 0.6) is 0 Å². The van der Waals surface area contributed by atoms with Crippen molar-refractivity contribution in [2.24, 2.45) is 34.5 Å². The van der Waals surface area contributed by atoms with Gasteiger partial charge in [-0.15, -0.1) is 0 Å². The number of fused-ring (bicyclic) bond motifs is 5. The Bertz CT molecular complexity index is 431. The van der Waals surface area contributed by atoms with Crippen molar-refractivity contribution in [1.82, 2.24) is 0 Å². The topological polar surface area (TPSA) is 40.5 Å². The van der Waals surface area contributed by atoms with Gasteiger partial charge in [0, 0.05) is 11.8 Å². The molecule has 4 aliphatic rings. The Labute approximate surface area is 129 Å². The van der Waals surface area contributed by atoms with Crippen molar-refractivity contribution in [1.29, 1.82) is 0 Å². The molecule has 2 N–H and O–H groups in total. The summed E-state index contributed by atoms with van der Waals surface area (Å²) in [6.07, 6.45) is 12.1. The molecule has 0 radical (unpaired) electrons. The highest BCUT2D eigenvalue weighted by atomic mass is 16.5. The Morgan fingerprint density at radius 2 is 1.52 bits per heavy atom. The maximum atomic E-state index is 10.8. The van der Waals surface area contributed by atoms with Crippen LogP contribution in [0.15, 0.2) is 0 Å². The maximum absolute atomic E-state index is 10.8. The number of hydrogen-bond acceptors (Lipinski definition) is 2. The molecule has 21 heavy (non-hydrogen) atoms. The van der Waals surface area contributed by atoms with E-state index in [1.54, 1.807) is 0 Å². The van der Waals surface area contributed by atoms with Gasteiger partial charge >= 0.3 is 0 Å². The van der Waals surface area contributed by atoms with Gasteiger partial charge in [0.1, 0.15) is 0 Å². The number of rotatable bonds is 0. The lowest BCUT2D eigenvalue weighted by atomic mass is 9.44. The van der Waals surface area contributed by atoms with Gasteiger partial charge in [-0.1, -0.05) is 20.3 Å². The highest BCUT2D eigenvalue weighted by Crippen LogP contribution is 2.67. The molecule has 4 aliphatic carbocycles. The molecule has 4 fully saturated rings. The molecular weight excluding hydrogens is 260 g/mol. The molecule has 0 unspecified atom stereocenters. The first-order valence-electron chi connectivity index (χ1n) is 9.33. The summed E-state index contributed by atoms with van der Waals surface area (Å²) in [7, 11) is 0. The Morgan fingerprint density at radius 3 is 2.33 bits per heavy atom. The van der Waals surface area contributed by atoms with Crippen LogP contribution in [-0.4, -0.2) is 16.0 Å². The van der Waals surface area contributed by atoms with E-state index < -0.39 is 5.79 Å². The van der Waals surface area contributed by atoms with Gasteiger partial charge in [-0.25, -0.2) is 0 Å². The van der Waals surface area contributed by atoms with Gasteiger partial charge in [0.25, 0.3) is 0 Å². The molecule has 2 heteroatoms. The molecule has 0 spiro atoms. The van der Waals surface area contributed by atoms with Crippen molar-refractivity contribution in [2.75, 3.05) is 0 Å². The van der Waals surface area contributed by atoms with Crippen molar-refractivity contribution >= 4 is 0 Å². The van der Waals surface area contributed by atoms with Crippen LogP contribution < -0.4 is 0 Å². The zero-order chi connectivity index (χ0) is 14.9. The molecule has 4 saturated carbocycles. The zero-order valence-electron chi connectivity index (χ0n) is 13.8. The minimum atomic E-state index is -1.43. The first-order chi connectivity index (χ1) is 9.88. The standard InChI is InChI=1S/C19H32O2/c1-17-10-4-6-15(17)14-8-7-13-5-3-11-19(20,21)18(13,2)16(14)9-12-17/h13-16,20-21H,3-12H2,1-2H3/t13-,14-,15-,16-,17-,18-/m0/s1. The van der Waals surface area contributed by atoms with Crippen LogP contribution in [-0.2, 0) is 0 Å². The van der Waals surface area contributed by atoms with Gasteiger partial charge in [0.05, 0.1) is 0 Å². The van der Waals surface area contributed by atoms with Gasteiger partial charge in [-0.2, -0.15) is 0 Å². The predicted molar refractivity (Wildman–Crippen MR) is 83.5 cm³/mol. The Hall–Kier alpha value is -0.0800. The predicted octanol–water partition coefficient (Wildman–Crippen LogP) is 4.10. The maximum Gasteiger partial charge on any atom is 0.168 e. The summed E-state index contributed by atoms with van der Waals surface area (Å²) in [5.74, 6) is 1.26. The zero-order valence-corrected chi connectivity index (χ0v) is 13.8. The quantitative estimate of drug-likeness (QED) is 0.660. The smallest absolute Gasteiger partial charge is 0.168 e. The van der Waals surface area contributed by atoms with Crippen molar-refractivity contribution in [3.05, 3.63) is 0 Å². The molecule has 120 valence electrons. The Kier molecular flexibility index (Phi) is 3.09. The number of hydrogen-bond donors (Lipinski definition) is 2. The third-order valence-corrected chi connectivity index (χ3v) is 8.63. The first kappa shape index (κ1) is 14.5. The van der Waals surface area contributed by atoms with Gasteiger partial charge in [-0.3, -0.25) is 0 Å². The highest BCUT2D eigenvalue weighted by Gasteiger charge is 2.64. The molecule has 0 heterocycles. The fraction of sp³-hybridized carbons (Fsp3) is 1.00.